The van der Waals surface area contributed by atoms with Gasteiger partial charge in [-0.05, 0) is 36.6 Å². The molecular weight excluding hydrogens is 356 g/mol. The van der Waals surface area contributed by atoms with E-state index in [2.05, 4.69) is 20.5 Å². The van der Waals surface area contributed by atoms with E-state index < -0.39 is 0 Å². The highest BCUT2D eigenvalue weighted by Gasteiger charge is 2.29. The van der Waals surface area contributed by atoms with Crippen molar-refractivity contribution in [1.82, 2.24) is 29.8 Å². The summed E-state index contributed by atoms with van der Waals surface area (Å²) < 4.78 is 1.87. The third-order valence-electron chi connectivity index (χ3n) is 5.11. The molecule has 3 aromatic heterocycles. The van der Waals surface area contributed by atoms with Crippen LogP contribution in [0.4, 0.5) is 0 Å². The summed E-state index contributed by atoms with van der Waals surface area (Å²) in [4.78, 5) is 30.0. The first kappa shape index (κ1) is 18.1. The van der Waals surface area contributed by atoms with Gasteiger partial charge in [0.25, 0.3) is 5.91 Å². The number of carbonyl (C=O) groups excluding carboxylic acids is 2. The van der Waals surface area contributed by atoms with Gasteiger partial charge in [-0.25, -0.2) is 0 Å². The van der Waals surface area contributed by atoms with Crippen LogP contribution in [0.1, 0.15) is 41.0 Å². The van der Waals surface area contributed by atoms with Crippen molar-refractivity contribution in [3.05, 3.63) is 59.8 Å². The lowest BCUT2D eigenvalue weighted by atomic mass is 10.1. The SMILES string of the molecule is CC(=O)N1CC[C@@H](c2nnc3ccc(C(=O)NCCc4cccnc4)cn23)C1. The largest absolute Gasteiger partial charge is 0.352 e. The van der Waals surface area contributed by atoms with Crippen LogP contribution in [-0.4, -0.2) is 55.9 Å². The Hall–Kier alpha value is -3.29. The Morgan fingerprint density at radius 1 is 1.25 bits per heavy atom. The van der Waals surface area contributed by atoms with Gasteiger partial charge in [0.2, 0.25) is 5.91 Å². The fraction of sp³-hybridized carbons (Fsp3) is 0.350. The van der Waals surface area contributed by atoms with E-state index in [9.17, 15) is 9.59 Å². The minimum Gasteiger partial charge on any atom is -0.352 e. The van der Waals surface area contributed by atoms with Crippen molar-refractivity contribution in [3.8, 4) is 0 Å². The summed E-state index contributed by atoms with van der Waals surface area (Å²) >= 11 is 0. The lowest BCUT2D eigenvalue weighted by Crippen LogP contribution is -2.26. The first-order chi connectivity index (χ1) is 13.6. The maximum absolute atomic E-state index is 12.5. The lowest BCUT2D eigenvalue weighted by molar-refractivity contribution is -0.127. The zero-order valence-electron chi connectivity index (χ0n) is 15.7. The fourth-order valence-corrected chi connectivity index (χ4v) is 3.55. The Bertz CT molecular complexity index is 1000. The highest BCUT2D eigenvalue weighted by Crippen LogP contribution is 2.26. The summed E-state index contributed by atoms with van der Waals surface area (Å²) in [6, 6.07) is 7.42. The summed E-state index contributed by atoms with van der Waals surface area (Å²) in [5.41, 5.74) is 2.33. The Balaban J connectivity index is 1.46. The monoisotopic (exact) mass is 378 g/mol. The average molecular weight is 378 g/mol. The molecule has 1 N–H and O–H groups in total. The Morgan fingerprint density at radius 2 is 2.14 bits per heavy atom. The second-order valence-electron chi connectivity index (χ2n) is 7.02. The van der Waals surface area contributed by atoms with Crippen molar-refractivity contribution >= 4 is 17.5 Å². The van der Waals surface area contributed by atoms with Gasteiger partial charge in [-0.2, -0.15) is 0 Å². The number of carbonyl (C=O) groups is 2. The zero-order valence-corrected chi connectivity index (χ0v) is 15.7. The van der Waals surface area contributed by atoms with Gasteiger partial charge in [0.05, 0.1) is 5.56 Å². The minimum atomic E-state index is -0.137. The topological polar surface area (TPSA) is 92.5 Å². The Labute approximate surface area is 162 Å². The molecule has 0 saturated carbocycles. The molecule has 1 atom stereocenters. The summed E-state index contributed by atoms with van der Waals surface area (Å²) in [6.45, 7) is 3.48. The van der Waals surface area contributed by atoms with Crippen LogP contribution in [0.3, 0.4) is 0 Å². The summed E-state index contributed by atoms with van der Waals surface area (Å²) in [6.07, 6.45) is 6.88. The van der Waals surface area contributed by atoms with Crippen LogP contribution < -0.4 is 5.32 Å². The summed E-state index contributed by atoms with van der Waals surface area (Å²) in [7, 11) is 0. The number of hydrogen-bond acceptors (Lipinski definition) is 5. The highest BCUT2D eigenvalue weighted by atomic mass is 16.2. The third-order valence-corrected chi connectivity index (χ3v) is 5.11. The first-order valence-corrected chi connectivity index (χ1v) is 9.39. The van der Waals surface area contributed by atoms with Crippen LogP contribution in [0, 0.1) is 0 Å². The maximum atomic E-state index is 12.5. The second-order valence-corrected chi connectivity index (χ2v) is 7.02. The summed E-state index contributed by atoms with van der Waals surface area (Å²) in [5.74, 6) is 0.860. The normalized spacial score (nSPS) is 16.5. The predicted octanol–water partition coefficient (Wildman–Crippen LogP) is 1.43. The Kier molecular flexibility index (Phi) is 5.01. The molecule has 8 nitrogen and oxygen atoms in total. The molecule has 0 aliphatic carbocycles. The molecule has 0 radical (unpaired) electrons. The van der Waals surface area contributed by atoms with Gasteiger partial charge >= 0.3 is 0 Å². The lowest BCUT2D eigenvalue weighted by Gasteiger charge is -2.13. The molecule has 3 aromatic rings. The van der Waals surface area contributed by atoms with Gasteiger partial charge in [-0.1, -0.05) is 6.07 Å². The molecule has 2 amide bonds. The molecule has 0 bridgehead atoms. The van der Waals surface area contributed by atoms with E-state index in [1.807, 2.05) is 21.4 Å². The number of fused-ring (bicyclic) bond motifs is 1. The van der Waals surface area contributed by atoms with E-state index in [1.165, 1.54) is 0 Å². The van der Waals surface area contributed by atoms with E-state index in [0.29, 0.717) is 24.3 Å². The molecule has 1 aliphatic heterocycles. The number of amides is 2. The highest BCUT2D eigenvalue weighted by molar-refractivity contribution is 5.94. The molecule has 4 rings (SSSR count). The van der Waals surface area contributed by atoms with Crippen molar-refractivity contribution in [1.29, 1.82) is 0 Å². The predicted molar refractivity (Wildman–Crippen MR) is 103 cm³/mol. The molecule has 28 heavy (non-hydrogen) atoms. The van der Waals surface area contributed by atoms with Gasteiger partial charge in [0.15, 0.2) is 5.65 Å². The number of likely N-dealkylation sites (tertiary alicyclic amines) is 1. The quantitative estimate of drug-likeness (QED) is 0.725. The van der Waals surface area contributed by atoms with Crippen molar-refractivity contribution in [2.45, 2.75) is 25.7 Å². The van der Waals surface area contributed by atoms with E-state index in [1.54, 1.807) is 37.6 Å². The smallest absolute Gasteiger partial charge is 0.252 e. The zero-order chi connectivity index (χ0) is 19.5. The Morgan fingerprint density at radius 3 is 2.89 bits per heavy atom. The number of aromatic nitrogens is 4. The van der Waals surface area contributed by atoms with E-state index >= 15 is 0 Å². The molecular formula is C20H22N6O2. The molecule has 4 heterocycles. The average Bonchev–Trinajstić information content (AvgIpc) is 3.35. The molecule has 1 fully saturated rings. The molecule has 1 aliphatic rings. The number of hydrogen-bond donors (Lipinski definition) is 1. The van der Waals surface area contributed by atoms with Crippen molar-refractivity contribution < 1.29 is 9.59 Å². The molecule has 0 spiro atoms. The van der Waals surface area contributed by atoms with Gasteiger partial charge in [-0.15, -0.1) is 10.2 Å². The first-order valence-electron chi connectivity index (χ1n) is 9.39. The van der Waals surface area contributed by atoms with Gasteiger partial charge < -0.3 is 10.2 Å². The van der Waals surface area contributed by atoms with Crippen molar-refractivity contribution in [3.63, 3.8) is 0 Å². The number of nitrogens with one attached hydrogen (secondary N) is 1. The van der Waals surface area contributed by atoms with Crippen LogP contribution in [0.15, 0.2) is 42.9 Å². The van der Waals surface area contributed by atoms with Crippen LogP contribution in [0.2, 0.25) is 0 Å². The number of nitrogens with zero attached hydrogens (tertiary/aromatic N) is 5. The maximum Gasteiger partial charge on any atom is 0.252 e. The van der Waals surface area contributed by atoms with Gasteiger partial charge in [-0.3, -0.25) is 19.0 Å². The van der Waals surface area contributed by atoms with Crippen LogP contribution in [0.25, 0.3) is 5.65 Å². The molecule has 8 heteroatoms. The van der Waals surface area contributed by atoms with Gasteiger partial charge in [0, 0.05) is 51.1 Å². The molecule has 0 aromatic carbocycles. The molecule has 1 saturated heterocycles. The van der Waals surface area contributed by atoms with Crippen molar-refractivity contribution in [2.24, 2.45) is 0 Å². The van der Waals surface area contributed by atoms with Crippen LogP contribution in [-0.2, 0) is 11.2 Å². The van der Waals surface area contributed by atoms with Crippen LogP contribution in [0.5, 0.6) is 0 Å². The standard InChI is InChI=1S/C20H22N6O2/c1-14(27)25-10-7-16(12-25)19-24-23-18-5-4-17(13-26(18)19)20(28)22-9-6-15-3-2-8-21-11-15/h2-5,8,11,13,16H,6-7,9-10,12H2,1H3,(H,22,28)/t16-/m1/s1. The molecule has 144 valence electrons. The van der Waals surface area contributed by atoms with E-state index in [-0.39, 0.29) is 17.7 Å². The third kappa shape index (κ3) is 3.71. The van der Waals surface area contributed by atoms with E-state index in [4.69, 9.17) is 0 Å². The molecule has 0 unspecified atom stereocenters. The second kappa shape index (κ2) is 7.75. The number of pyridine rings is 2. The fourth-order valence-electron chi connectivity index (χ4n) is 3.55. The minimum absolute atomic E-state index is 0.0741. The number of rotatable bonds is 5. The van der Waals surface area contributed by atoms with Crippen molar-refractivity contribution in [2.75, 3.05) is 19.6 Å². The summed E-state index contributed by atoms with van der Waals surface area (Å²) in [5, 5.41) is 11.5. The van der Waals surface area contributed by atoms with Gasteiger partial charge in [0.1, 0.15) is 5.82 Å². The van der Waals surface area contributed by atoms with Crippen LogP contribution >= 0.6 is 0 Å². The van der Waals surface area contributed by atoms with E-state index in [0.717, 1.165) is 30.8 Å².